The minimum Gasteiger partial charge on any atom is -0.380 e. The summed E-state index contributed by atoms with van der Waals surface area (Å²) in [5.74, 6) is 0. The molecule has 2 fully saturated rings. The zero-order valence-corrected chi connectivity index (χ0v) is 15.7. The number of carbonyl (C=O) groups excluding carboxylic acids is 1. The summed E-state index contributed by atoms with van der Waals surface area (Å²) in [7, 11) is 4.14. The number of para-hydroxylation sites is 1. The van der Waals surface area contributed by atoms with Crippen LogP contribution < -0.4 is 5.32 Å². The van der Waals surface area contributed by atoms with Crippen molar-refractivity contribution in [1.29, 1.82) is 0 Å². The van der Waals surface area contributed by atoms with Gasteiger partial charge in [0.25, 0.3) is 0 Å². The molecule has 0 aliphatic carbocycles. The van der Waals surface area contributed by atoms with Crippen LogP contribution >= 0.6 is 0 Å². The number of likely N-dealkylation sites (N-methyl/N-ethyl adjacent to an activating group) is 1. The predicted molar refractivity (Wildman–Crippen MR) is 103 cm³/mol. The van der Waals surface area contributed by atoms with Crippen molar-refractivity contribution >= 4 is 16.9 Å². The van der Waals surface area contributed by atoms with Gasteiger partial charge in [0.2, 0.25) is 0 Å². The predicted octanol–water partition coefficient (Wildman–Crippen LogP) is 1.64. The summed E-state index contributed by atoms with van der Waals surface area (Å²) in [6, 6.07) is 8.10. The molecular weight excluding hydrogens is 328 g/mol. The molecule has 0 bridgehead atoms. The van der Waals surface area contributed by atoms with Crippen molar-refractivity contribution in [2.45, 2.75) is 6.42 Å². The van der Waals surface area contributed by atoms with E-state index in [2.05, 4.69) is 35.3 Å². The Balaban J connectivity index is 1.36. The quantitative estimate of drug-likeness (QED) is 0.855. The van der Waals surface area contributed by atoms with Gasteiger partial charge in [-0.25, -0.2) is 4.79 Å². The molecule has 140 valence electrons. The highest BCUT2D eigenvalue weighted by Crippen LogP contribution is 2.36. The lowest BCUT2D eigenvalue weighted by molar-refractivity contribution is -0.188. The molecule has 6 heteroatoms. The van der Waals surface area contributed by atoms with E-state index in [1.54, 1.807) is 4.57 Å². The molecule has 0 radical (unpaired) electrons. The van der Waals surface area contributed by atoms with Gasteiger partial charge < -0.3 is 19.9 Å². The molecule has 2 aliphatic rings. The Hall–Kier alpha value is -1.89. The summed E-state index contributed by atoms with van der Waals surface area (Å²) in [4.78, 5) is 17.2. The molecule has 2 aromatic rings. The molecule has 4 rings (SSSR count). The van der Waals surface area contributed by atoms with Crippen LogP contribution in [0.2, 0.25) is 0 Å². The normalized spacial score (nSPS) is 18.9. The molecule has 1 aromatic carbocycles. The van der Waals surface area contributed by atoms with Gasteiger partial charge in [0, 0.05) is 49.7 Å². The Kier molecular flexibility index (Phi) is 4.73. The molecular formula is C20H28N4O2. The average Bonchev–Trinajstić information content (AvgIpc) is 2.92. The highest BCUT2D eigenvalue weighted by Gasteiger charge is 2.48. The second kappa shape index (κ2) is 7.02. The Morgan fingerprint density at radius 2 is 2.04 bits per heavy atom. The molecule has 2 aliphatic heterocycles. The number of hydrogen-bond donors (Lipinski definition) is 1. The molecule has 26 heavy (non-hydrogen) atoms. The molecule has 0 unspecified atom stereocenters. The number of fused-ring (bicyclic) bond motifs is 1. The number of rotatable bonds is 6. The van der Waals surface area contributed by atoms with Crippen LogP contribution in [0.5, 0.6) is 0 Å². The van der Waals surface area contributed by atoms with Crippen LogP contribution in [-0.4, -0.2) is 80.4 Å². The van der Waals surface area contributed by atoms with E-state index >= 15 is 0 Å². The average molecular weight is 356 g/mol. The van der Waals surface area contributed by atoms with E-state index in [9.17, 15) is 4.79 Å². The topological polar surface area (TPSA) is 49.7 Å². The molecule has 1 aromatic heterocycles. The first kappa shape index (κ1) is 17.5. The molecule has 1 N–H and O–H groups in total. The molecule has 0 atom stereocenters. The summed E-state index contributed by atoms with van der Waals surface area (Å²) in [6.45, 7) is 6.56. The molecule has 2 saturated heterocycles. The smallest absolute Gasteiger partial charge is 0.326 e. The van der Waals surface area contributed by atoms with Crippen molar-refractivity contribution in [2.24, 2.45) is 5.41 Å². The minimum atomic E-state index is -0.0421. The molecule has 1 amide bonds. The lowest BCUT2D eigenvalue weighted by Crippen LogP contribution is -2.66. The van der Waals surface area contributed by atoms with E-state index in [4.69, 9.17) is 4.74 Å². The number of ether oxygens (including phenoxy) is 1. The first-order chi connectivity index (χ1) is 12.6. The van der Waals surface area contributed by atoms with E-state index in [0.29, 0.717) is 12.0 Å². The van der Waals surface area contributed by atoms with Gasteiger partial charge in [0.15, 0.2) is 0 Å². The molecule has 1 spiro atoms. The lowest BCUT2D eigenvalue weighted by atomic mass is 9.78. The SMILES string of the molecule is CN(C)CCc1cn(C(=O)NCCN2CC3(COC3)C2)c2ccccc12. The number of nitrogens with one attached hydrogen (secondary N) is 1. The number of likely N-dealkylation sites (tertiary alicyclic amines) is 1. The molecule has 6 nitrogen and oxygen atoms in total. The van der Waals surface area contributed by atoms with Crippen LogP contribution in [0, 0.1) is 5.41 Å². The maximum Gasteiger partial charge on any atom is 0.326 e. The Morgan fingerprint density at radius 3 is 2.73 bits per heavy atom. The summed E-state index contributed by atoms with van der Waals surface area (Å²) < 4.78 is 7.07. The highest BCUT2D eigenvalue weighted by molar-refractivity contribution is 5.93. The van der Waals surface area contributed by atoms with Crippen molar-refractivity contribution in [3.63, 3.8) is 0 Å². The minimum absolute atomic E-state index is 0.0421. The summed E-state index contributed by atoms with van der Waals surface area (Å²) in [5.41, 5.74) is 2.63. The summed E-state index contributed by atoms with van der Waals surface area (Å²) >= 11 is 0. The number of hydrogen-bond acceptors (Lipinski definition) is 4. The number of aromatic nitrogens is 1. The number of nitrogens with zero attached hydrogens (tertiary/aromatic N) is 3. The standard InChI is InChI=1S/C20H28N4O2/c1-22(2)9-7-16-11-24(18-6-4-3-5-17(16)18)19(25)21-8-10-23-12-20(13-23)14-26-15-20/h3-6,11H,7-10,12-15H2,1-2H3,(H,21,25). The second-order valence-corrected chi connectivity index (χ2v) is 8.03. The van der Waals surface area contributed by atoms with Gasteiger partial charge in [0.1, 0.15) is 0 Å². The van der Waals surface area contributed by atoms with E-state index in [-0.39, 0.29) is 6.03 Å². The third-order valence-corrected chi connectivity index (χ3v) is 5.48. The zero-order chi connectivity index (χ0) is 18.1. The van der Waals surface area contributed by atoms with Gasteiger partial charge in [-0.2, -0.15) is 0 Å². The van der Waals surface area contributed by atoms with Crippen LogP contribution in [-0.2, 0) is 11.2 Å². The first-order valence-electron chi connectivity index (χ1n) is 9.38. The summed E-state index contributed by atoms with van der Waals surface area (Å²) in [5, 5.41) is 4.24. The fourth-order valence-electron chi connectivity index (χ4n) is 4.00. The van der Waals surface area contributed by atoms with Gasteiger partial charge in [-0.3, -0.25) is 4.57 Å². The monoisotopic (exact) mass is 356 g/mol. The first-order valence-corrected chi connectivity index (χ1v) is 9.38. The third kappa shape index (κ3) is 3.37. The maximum atomic E-state index is 12.7. The van der Waals surface area contributed by atoms with Gasteiger partial charge in [-0.15, -0.1) is 0 Å². The Bertz CT molecular complexity index is 786. The number of amides is 1. The second-order valence-electron chi connectivity index (χ2n) is 8.03. The van der Waals surface area contributed by atoms with Crippen LogP contribution in [0.1, 0.15) is 5.56 Å². The van der Waals surface area contributed by atoms with Gasteiger partial charge >= 0.3 is 6.03 Å². The van der Waals surface area contributed by atoms with E-state index in [1.807, 2.05) is 24.4 Å². The zero-order valence-electron chi connectivity index (χ0n) is 15.7. The van der Waals surface area contributed by atoms with Crippen molar-refractivity contribution in [2.75, 3.05) is 60.0 Å². The number of carbonyl (C=O) groups is 1. The fraction of sp³-hybridized carbons (Fsp3) is 0.550. The van der Waals surface area contributed by atoms with Crippen LogP contribution in [0.15, 0.2) is 30.5 Å². The van der Waals surface area contributed by atoms with Crippen molar-refractivity contribution in [3.8, 4) is 0 Å². The van der Waals surface area contributed by atoms with Crippen LogP contribution in [0.3, 0.4) is 0 Å². The fourth-order valence-corrected chi connectivity index (χ4v) is 4.00. The largest absolute Gasteiger partial charge is 0.380 e. The Labute approximate surface area is 154 Å². The van der Waals surface area contributed by atoms with Crippen LogP contribution in [0.4, 0.5) is 4.79 Å². The van der Waals surface area contributed by atoms with E-state index in [1.165, 1.54) is 10.9 Å². The third-order valence-electron chi connectivity index (χ3n) is 5.48. The highest BCUT2D eigenvalue weighted by atomic mass is 16.5. The van der Waals surface area contributed by atoms with Crippen molar-refractivity contribution in [1.82, 2.24) is 19.7 Å². The van der Waals surface area contributed by atoms with Gasteiger partial charge in [-0.1, -0.05) is 18.2 Å². The number of benzene rings is 1. The maximum absolute atomic E-state index is 12.7. The van der Waals surface area contributed by atoms with E-state index < -0.39 is 0 Å². The van der Waals surface area contributed by atoms with Gasteiger partial charge in [0.05, 0.1) is 18.7 Å². The van der Waals surface area contributed by atoms with Crippen molar-refractivity contribution < 1.29 is 9.53 Å². The van der Waals surface area contributed by atoms with Crippen molar-refractivity contribution in [3.05, 3.63) is 36.0 Å². The lowest BCUT2D eigenvalue weighted by Gasteiger charge is -2.55. The summed E-state index contributed by atoms with van der Waals surface area (Å²) in [6.07, 6.45) is 2.93. The van der Waals surface area contributed by atoms with Crippen LogP contribution in [0.25, 0.3) is 10.9 Å². The van der Waals surface area contributed by atoms with Gasteiger partial charge in [-0.05, 0) is 32.1 Å². The van der Waals surface area contributed by atoms with E-state index in [0.717, 1.165) is 51.3 Å². The molecule has 0 saturated carbocycles. The molecule has 3 heterocycles. The Morgan fingerprint density at radius 1 is 1.27 bits per heavy atom.